The van der Waals surface area contributed by atoms with Crippen LogP contribution in [0.5, 0.6) is 5.88 Å². The van der Waals surface area contributed by atoms with Crippen molar-refractivity contribution >= 4 is 6.08 Å². The van der Waals surface area contributed by atoms with Gasteiger partial charge in [-0.05, 0) is 18.6 Å². The summed E-state index contributed by atoms with van der Waals surface area (Å²) in [4.78, 5) is 8.39. The summed E-state index contributed by atoms with van der Waals surface area (Å²) in [5.41, 5.74) is 1.84. The van der Waals surface area contributed by atoms with Crippen LogP contribution in [-0.4, -0.2) is 16.6 Å². The number of rotatable bonds is 6. The first kappa shape index (κ1) is 13.1. The molecule has 0 spiro atoms. The Labute approximate surface area is 112 Å². The number of hydrogen-bond acceptors (Lipinski definition) is 4. The lowest BCUT2D eigenvalue weighted by Gasteiger charge is -2.04. The molecule has 0 saturated carbocycles. The zero-order valence-electron chi connectivity index (χ0n) is 10.8. The van der Waals surface area contributed by atoms with Crippen LogP contribution in [0.25, 0.3) is 6.08 Å². The van der Waals surface area contributed by atoms with E-state index in [2.05, 4.69) is 9.97 Å². The van der Waals surface area contributed by atoms with E-state index in [1.807, 2.05) is 37.3 Å². The molecule has 0 bridgehead atoms. The molecule has 4 nitrogen and oxygen atoms in total. The lowest BCUT2D eigenvalue weighted by Crippen LogP contribution is -1.97. The molecule has 2 aromatic rings. The molecule has 0 radical (unpaired) electrons. The van der Waals surface area contributed by atoms with Crippen molar-refractivity contribution in [2.24, 2.45) is 0 Å². The predicted molar refractivity (Wildman–Crippen MR) is 73.5 cm³/mol. The second kappa shape index (κ2) is 7.16. The van der Waals surface area contributed by atoms with Gasteiger partial charge in [0.25, 0.3) is 0 Å². The number of aromatic nitrogens is 2. The number of ether oxygens (including phenoxy) is 2. The third kappa shape index (κ3) is 4.43. The molecule has 4 heteroatoms. The van der Waals surface area contributed by atoms with Crippen molar-refractivity contribution in [1.29, 1.82) is 0 Å². The van der Waals surface area contributed by atoms with E-state index in [0.717, 1.165) is 11.3 Å². The summed E-state index contributed by atoms with van der Waals surface area (Å²) in [6.45, 7) is 3.06. The number of hydrogen-bond donors (Lipinski definition) is 0. The molecule has 0 amide bonds. The molecule has 19 heavy (non-hydrogen) atoms. The maximum atomic E-state index is 5.54. The van der Waals surface area contributed by atoms with Gasteiger partial charge in [-0.2, -0.15) is 0 Å². The van der Waals surface area contributed by atoms with Gasteiger partial charge in [0, 0.05) is 0 Å². The van der Waals surface area contributed by atoms with Crippen LogP contribution in [0.2, 0.25) is 0 Å². The smallest absolute Gasteiger partial charge is 0.232 e. The first-order chi connectivity index (χ1) is 9.38. The van der Waals surface area contributed by atoms with Gasteiger partial charge in [-0.15, -0.1) is 0 Å². The molecule has 1 heterocycles. The predicted octanol–water partition coefficient (Wildman–Crippen LogP) is 3.06. The van der Waals surface area contributed by atoms with Crippen LogP contribution >= 0.6 is 0 Å². The molecule has 0 saturated heterocycles. The summed E-state index contributed by atoms with van der Waals surface area (Å²) in [6.07, 6.45) is 6.62. The van der Waals surface area contributed by atoms with Crippen LogP contribution in [0, 0.1) is 0 Å². The minimum Gasteiger partial charge on any atom is -0.501 e. The summed E-state index contributed by atoms with van der Waals surface area (Å²) in [5.74, 6) is 0.511. The van der Waals surface area contributed by atoms with E-state index in [1.165, 1.54) is 0 Å². The summed E-state index contributed by atoms with van der Waals surface area (Å²) in [6, 6.07) is 9.94. The molecule has 98 valence electrons. The SMILES string of the molecule is CCOC=Cc1cnc(OCc2ccccc2)cn1. The van der Waals surface area contributed by atoms with Gasteiger partial charge in [-0.25, -0.2) is 9.97 Å². The first-order valence-electron chi connectivity index (χ1n) is 6.15. The third-order valence-corrected chi connectivity index (χ3v) is 2.38. The van der Waals surface area contributed by atoms with Crippen molar-refractivity contribution in [2.75, 3.05) is 6.61 Å². The van der Waals surface area contributed by atoms with Gasteiger partial charge in [0.05, 0.1) is 31.0 Å². The van der Waals surface area contributed by atoms with E-state index in [4.69, 9.17) is 9.47 Å². The van der Waals surface area contributed by atoms with E-state index in [9.17, 15) is 0 Å². The lowest BCUT2D eigenvalue weighted by molar-refractivity contribution is 0.272. The maximum absolute atomic E-state index is 5.54. The molecule has 1 aromatic carbocycles. The van der Waals surface area contributed by atoms with Crippen molar-refractivity contribution in [3.63, 3.8) is 0 Å². The molecule has 0 unspecified atom stereocenters. The van der Waals surface area contributed by atoms with Crippen LogP contribution in [0.15, 0.2) is 49.0 Å². The van der Waals surface area contributed by atoms with Crippen LogP contribution in [0.1, 0.15) is 18.2 Å². The quantitative estimate of drug-likeness (QED) is 0.745. The van der Waals surface area contributed by atoms with Crippen molar-refractivity contribution in [1.82, 2.24) is 9.97 Å². The van der Waals surface area contributed by atoms with E-state index in [1.54, 1.807) is 24.7 Å². The third-order valence-electron chi connectivity index (χ3n) is 2.38. The molecule has 0 aliphatic carbocycles. The molecule has 1 aromatic heterocycles. The van der Waals surface area contributed by atoms with Crippen LogP contribution in [-0.2, 0) is 11.3 Å². The highest BCUT2D eigenvalue weighted by Crippen LogP contribution is 2.08. The highest BCUT2D eigenvalue weighted by atomic mass is 16.5. The Balaban J connectivity index is 1.88. The standard InChI is InChI=1S/C15H16N2O2/c1-2-18-9-8-14-10-17-15(11-16-14)19-12-13-6-4-3-5-7-13/h3-11H,2,12H2,1H3. The highest BCUT2D eigenvalue weighted by Gasteiger charge is 1.97. The van der Waals surface area contributed by atoms with Crippen LogP contribution in [0.4, 0.5) is 0 Å². The molecule has 0 aliphatic rings. The molecular formula is C15H16N2O2. The van der Waals surface area contributed by atoms with Crippen molar-refractivity contribution < 1.29 is 9.47 Å². The Morgan fingerprint density at radius 2 is 1.95 bits per heavy atom. The average Bonchev–Trinajstić information content (AvgIpc) is 2.48. The minimum absolute atomic E-state index is 0.490. The average molecular weight is 256 g/mol. The van der Waals surface area contributed by atoms with Gasteiger partial charge >= 0.3 is 0 Å². The van der Waals surface area contributed by atoms with E-state index in [-0.39, 0.29) is 0 Å². The number of benzene rings is 1. The van der Waals surface area contributed by atoms with Gasteiger partial charge in [0.2, 0.25) is 5.88 Å². The monoisotopic (exact) mass is 256 g/mol. The summed E-state index contributed by atoms with van der Waals surface area (Å²) < 4.78 is 10.6. The second-order valence-corrected chi connectivity index (χ2v) is 3.81. The van der Waals surface area contributed by atoms with Crippen molar-refractivity contribution in [2.45, 2.75) is 13.5 Å². The minimum atomic E-state index is 0.490. The summed E-state index contributed by atoms with van der Waals surface area (Å²) >= 11 is 0. The van der Waals surface area contributed by atoms with Gasteiger partial charge in [0.1, 0.15) is 6.61 Å². The second-order valence-electron chi connectivity index (χ2n) is 3.81. The largest absolute Gasteiger partial charge is 0.501 e. The molecule has 0 N–H and O–H groups in total. The molecule has 2 rings (SSSR count). The van der Waals surface area contributed by atoms with Gasteiger partial charge in [0.15, 0.2) is 0 Å². The molecule has 0 aliphatic heterocycles. The Bertz CT molecular complexity index is 509. The van der Waals surface area contributed by atoms with Crippen molar-refractivity contribution in [3.8, 4) is 5.88 Å². The maximum Gasteiger partial charge on any atom is 0.232 e. The molecule has 0 atom stereocenters. The fourth-order valence-electron chi connectivity index (χ4n) is 1.43. The normalized spacial score (nSPS) is 10.6. The molecular weight excluding hydrogens is 240 g/mol. The van der Waals surface area contributed by atoms with Gasteiger partial charge in [-0.1, -0.05) is 30.3 Å². The highest BCUT2D eigenvalue weighted by molar-refractivity contribution is 5.41. The van der Waals surface area contributed by atoms with Crippen molar-refractivity contribution in [3.05, 3.63) is 60.2 Å². The van der Waals surface area contributed by atoms with Gasteiger partial charge < -0.3 is 9.47 Å². The number of nitrogens with zero attached hydrogens (tertiary/aromatic N) is 2. The van der Waals surface area contributed by atoms with Crippen LogP contribution < -0.4 is 4.74 Å². The fourth-order valence-corrected chi connectivity index (χ4v) is 1.43. The zero-order chi connectivity index (χ0) is 13.3. The Morgan fingerprint density at radius 1 is 1.11 bits per heavy atom. The first-order valence-corrected chi connectivity index (χ1v) is 6.15. The van der Waals surface area contributed by atoms with Gasteiger partial charge in [-0.3, -0.25) is 0 Å². The summed E-state index contributed by atoms with van der Waals surface area (Å²) in [5, 5.41) is 0. The van der Waals surface area contributed by atoms with E-state index in [0.29, 0.717) is 19.1 Å². The van der Waals surface area contributed by atoms with E-state index < -0.39 is 0 Å². The Hall–Kier alpha value is -2.36. The zero-order valence-corrected chi connectivity index (χ0v) is 10.8. The summed E-state index contributed by atoms with van der Waals surface area (Å²) in [7, 11) is 0. The fraction of sp³-hybridized carbons (Fsp3) is 0.200. The Kier molecular flexibility index (Phi) is 4.93. The Morgan fingerprint density at radius 3 is 2.63 bits per heavy atom. The lowest BCUT2D eigenvalue weighted by atomic mass is 10.2. The van der Waals surface area contributed by atoms with Crippen LogP contribution in [0.3, 0.4) is 0 Å². The topological polar surface area (TPSA) is 44.2 Å². The van der Waals surface area contributed by atoms with E-state index >= 15 is 0 Å². The molecule has 0 fully saturated rings.